The second kappa shape index (κ2) is 6.18. The number of nitrogens with zero attached hydrogens (tertiary/aromatic N) is 2. The summed E-state index contributed by atoms with van der Waals surface area (Å²) < 4.78 is 2.25. The molecule has 22 heavy (non-hydrogen) atoms. The molecule has 0 aliphatic carbocycles. The number of benzene rings is 1. The fourth-order valence-electron chi connectivity index (χ4n) is 2.98. The van der Waals surface area contributed by atoms with Crippen LogP contribution in [0.5, 0.6) is 0 Å². The molecular formula is C18H23N3O. The molecule has 116 valence electrons. The largest absolute Gasteiger partial charge is 0.317 e. The summed E-state index contributed by atoms with van der Waals surface area (Å²) in [5, 5.41) is 3.97. The van der Waals surface area contributed by atoms with E-state index in [1.54, 1.807) is 6.21 Å². The molecule has 1 N–H and O–H groups in total. The monoisotopic (exact) mass is 297 g/mol. The van der Waals surface area contributed by atoms with Gasteiger partial charge in [0.2, 0.25) is 5.91 Å². The van der Waals surface area contributed by atoms with E-state index >= 15 is 0 Å². The van der Waals surface area contributed by atoms with E-state index in [1.807, 2.05) is 0 Å². The molecule has 2 aromatic rings. The number of carbonyl (C=O) groups excluding carboxylic acids is 1. The second-order valence-corrected chi connectivity index (χ2v) is 5.84. The lowest BCUT2D eigenvalue weighted by Gasteiger charge is -2.16. The highest BCUT2D eigenvalue weighted by atomic mass is 16.2. The number of hydrazone groups is 1. The van der Waals surface area contributed by atoms with E-state index in [-0.39, 0.29) is 5.91 Å². The average molecular weight is 297 g/mol. The van der Waals surface area contributed by atoms with Gasteiger partial charge < -0.3 is 4.57 Å². The molecule has 2 rings (SSSR count). The van der Waals surface area contributed by atoms with Crippen molar-refractivity contribution in [1.82, 2.24) is 9.99 Å². The molecule has 4 heteroatoms. The third kappa shape index (κ3) is 3.11. The van der Waals surface area contributed by atoms with Crippen molar-refractivity contribution >= 4 is 12.1 Å². The Morgan fingerprint density at radius 3 is 2.23 bits per heavy atom. The lowest BCUT2D eigenvalue weighted by Crippen LogP contribution is -2.12. The molecule has 0 radical (unpaired) electrons. The Kier molecular flexibility index (Phi) is 4.50. The summed E-state index contributed by atoms with van der Waals surface area (Å²) in [4.78, 5) is 10.9. The van der Waals surface area contributed by atoms with Crippen molar-refractivity contribution < 1.29 is 4.79 Å². The van der Waals surface area contributed by atoms with E-state index < -0.39 is 0 Å². The third-order valence-electron chi connectivity index (χ3n) is 3.75. The lowest BCUT2D eigenvalue weighted by molar-refractivity contribution is -0.118. The first-order valence-corrected chi connectivity index (χ1v) is 7.38. The predicted molar refractivity (Wildman–Crippen MR) is 90.9 cm³/mol. The fourth-order valence-corrected chi connectivity index (χ4v) is 2.98. The molecule has 1 aromatic heterocycles. The molecule has 0 saturated heterocycles. The van der Waals surface area contributed by atoms with E-state index in [9.17, 15) is 4.79 Å². The summed E-state index contributed by atoms with van der Waals surface area (Å²) in [7, 11) is 0. The SMILES string of the molecule is CC(=O)N/N=C\c1cc(C)n(-c2c(C)cc(C)cc2C)c1C. The second-order valence-electron chi connectivity index (χ2n) is 5.84. The van der Waals surface area contributed by atoms with Crippen LogP contribution in [0.1, 0.15) is 40.6 Å². The molecule has 0 bridgehead atoms. The van der Waals surface area contributed by atoms with Crippen LogP contribution in [0, 0.1) is 34.6 Å². The maximum Gasteiger partial charge on any atom is 0.236 e. The van der Waals surface area contributed by atoms with Gasteiger partial charge in [-0.05, 0) is 51.8 Å². The summed E-state index contributed by atoms with van der Waals surface area (Å²) in [6, 6.07) is 6.48. The van der Waals surface area contributed by atoms with Gasteiger partial charge in [-0.3, -0.25) is 4.79 Å². The van der Waals surface area contributed by atoms with Gasteiger partial charge in [0, 0.05) is 23.9 Å². The van der Waals surface area contributed by atoms with Gasteiger partial charge in [-0.15, -0.1) is 0 Å². The van der Waals surface area contributed by atoms with Crippen molar-refractivity contribution in [3.05, 3.63) is 51.8 Å². The molecule has 0 aliphatic heterocycles. The Morgan fingerprint density at radius 2 is 1.68 bits per heavy atom. The predicted octanol–water partition coefficient (Wildman–Crippen LogP) is 3.49. The Labute approximate surface area is 131 Å². The Bertz CT molecular complexity index is 731. The van der Waals surface area contributed by atoms with E-state index in [4.69, 9.17) is 0 Å². The first kappa shape index (κ1) is 16.0. The lowest BCUT2D eigenvalue weighted by atomic mass is 10.0. The van der Waals surface area contributed by atoms with Crippen LogP contribution in [0.15, 0.2) is 23.3 Å². The molecule has 0 saturated carbocycles. The highest BCUT2D eigenvalue weighted by Crippen LogP contribution is 2.26. The number of aromatic nitrogens is 1. The van der Waals surface area contributed by atoms with Crippen LogP contribution in [-0.2, 0) is 4.79 Å². The molecule has 0 aliphatic rings. The third-order valence-corrected chi connectivity index (χ3v) is 3.75. The molecule has 0 unspecified atom stereocenters. The zero-order valence-corrected chi connectivity index (χ0v) is 14.1. The van der Waals surface area contributed by atoms with Gasteiger partial charge in [-0.1, -0.05) is 17.7 Å². The van der Waals surface area contributed by atoms with E-state index in [1.165, 1.54) is 29.3 Å². The van der Waals surface area contributed by atoms with Gasteiger partial charge in [0.25, 0.3) is 0 Å². The van der Waals surface area contributed by atoms with Crippen molar-refractivity contribution in [2.75, 3.05) is 0 Å². The first-order chi connectivity index (χ1) is 10.3. The van der Waals surface area contributed by atoms with Crippen LogP contribution < -0.4 is 5.43 Å². The van der Waals surface area contributed by atoms with Gasteiger partial charge in [-0.2, -0.15) is 5.10 Å². The maximum absolute atomic E-state index is 10.9. The van der Waals surface area contributed by atoms with Crippen molar-refractivity contribution in [3.63, 3.8) is 0 Å². The fraction of sp³-hybridized carbons (Fsp3) is 0.333. The Balaban J connectivity index is 2.52. The summed E-state index contributed by atoms with van der Waals surface area (Å²) in [5.41, 5.74) is 10.7. The minimum Gasteiger partial charge on any atom is -0.317 e. The first-order valence-electron chi connectivity index (χ1n) is 7.38. The summed E-state index contributed by atoms with van der Waals surface area (Å²) in [5.74, 6) is -0.171. The number of carbonyl (C=O) groups is 1. The zero-order chi connectivity index (χ0) is 16.4. The van der Waals surface area contributed by atoms with E-state index in [0.717, 1.165) is 17.0 Å². The van der Waals surface area contributed by atoms with E-state index in [0.29, 0.717) is 0 Å². The molecule has 4 nitrogen and oxygen atoms in total. The number of amides is 1. The smallest absolute Gasteiger partial charge is 0.236 e. The standard InChI is InChI=1S/C18H23N3O/c1-11-7-12(2)18(13(3)8-11)21-14(4)9-17(15(21)5)10-19-20-16(6)22/h7-10H,1-6H3,(H,20,22)/b19-10-. The summed E-state index contributed by atoms with van der Waals surface area (Å²) in [6.45, 7) is 12.0. The Morgan fingerprint density at radius 1 is 1.09 bits per heavy atom. The van der Waals surface area contributed by atoms with Crippen molar-refractivity contribution in [3.8, 4) is 5.69 Å². The maximum atomic E-state index is 10.9. The molecule has 0 spiro atoms. The van der Waals surface area contributed by atoms with Gasteiger partial charge in [0.15, 0.2) is 0 Å². The van der Waals surface area contributed by atoms with Gasteiger partial charge in [0.1, 0.15) is 0 Å². The van der Waals surface area contributed by atoms with Crippen molar-refractivity contribution in [2.45, 2.75) is 41.5 Å². The molecule has 1 heterocycles. The number of hydrogen-bond donors (Lipinski definition) is 1. The molecule has 0 atom stereocenters. The topological polar surface area (TPSA) is 46.4 Å². The van der Waals surface area contributed by atoms with E-state index in [2.05, 4.69) is 67.9 Å². The molecular weight excluding hydrogens is 274 g/mol. The minimum absolute atomic E-state index is 0.171. The van der Waals surface area contributed by atoms with Crippen molar-refractivity contribution in [2.24, 2.45) is 5.10 Å². The van der Waals surface area contributed by atoms with Gasteiger partial charge in [-0.25, -0.2) is 5.43 Å². The number of rotatable bonds is 3. The molecule has 1 aromatic carbocycles. The highest BCUT2D eigenvalue weighted by molar-refractivity contribution is 5.83. The average Bonchev–Trinajstić information content (AvgIpc) is 2.65. The van der Waals surface area contributed by atoms with Crippen molar-refractivity contribution in [1.29, 1.82) is 0 Å². The zero-order valence-electron chi connectivity index (χ0n) is 14.1. The van der Waals surface area contributed by atoms with Crippen LogP contribution in [0.25, 0.3) is 5.69 Å². The summed E-state index contributed by atoms with van der Waals surface area (Å²) in [6.07, 6.45) is 1.69. The van der Waals surface area contributed by atoms with Crippen LogP contribution in [0.3, 0.4) is 0 Å². The van der Waals surface area contributed by atoms with Gasteiger partial charge >= 0.3 is 0 Å². The molecule has 1 amide bonds. The summed E-state index contributed by atoms with van der Waals surface area (Å²) >= 11 is 0. The van der Waals surface area contributed by atoms with Gasteiger partial charge in [0.05, 0.1) is 11.9 Å². The number of aryl methyl sites for hydroxylation is 4. The molecule has 0 fully saturated rings. The number of nitrogens with one attached hydrogen (secondary N) is 1. The van der Waals surface area contributed by atoms with Crippen LogP contribution in [-0.4, -0.2) is 16.7 Å². The normalized spacial score (nSPS) is 11.2. The minimum atomic E-state index is -0.171. The highest BCUT2D eigenvalue weighted by Gasteiger charge is 2.13. The van der Waals surface area contributed by atoms with Crippen LogP contribution in [0.2, 0.25) is 0 Å². The number of hydrogen-bond acceptors (Lipinski definition) is 2. The Hall–Kier alpha value is -2.36. The van der Waals surface area contributed by atoms with Crippen LogP contribution >= 0.6 is 0 Å². The quantitative estimate of drug-likeness (QED) is 0.684. The van der Waals surface area contributed by atoms with Crippen LogP contribution in [0.4, 0.5) is 0 Å².